The minimum absolute atomic E-state index is 0.00114. The minimum atomic E-state index is 0.00114. The summed E-state index contributed by atoms with van der Waals surface area (Å²) in [6, 6.07) is 19.0. The van der Waals surface area contributed by atoms with E-state index in [0.29, 0.717) is 24.7 Å². The van der Waals surface area contributed by atoms with Crippen LogP contribution in [-0.2, 0) is 13.1 Å². The van der Waals surface area contributed by atoms with E-state index < -0.39 is 0 Å². The molecule has 6 heteroatoms. The number of carbonyl (C=O) groups is 2. The molecular formula is C36H42N4O2. The number of rotatable bonds is 4. The molecule has 0 N–H and O–H groups in total. The smallest absolute Gasteiger partial charge is 0.270 e. The molecule has 0 saturated carbocycles. The van der Waals surface area contributed by atoms with Gasteiger partial charge in [0, 0.05) is 36.1 Å². The van der Waals surface area contributed by atoms with E-state index in [1.54, 1.807) is 0 Å². The highest BCUT2D eigenvalue weighted by atomic mass is 16.2. The van der Waals surface area contributed by atoms with Crippen LogP contribution < -0.4 is 4.90 Å². The number of para-hydroxylation sites is 1. The van der Waals surface area contributed by atoms with Crippen molar-refractivity contribution in [3.63, 3.8) is 0 Å². The summed E-state index contributed by atoms with van der Waals surface area (Å²) < 4.78 is 2.14. The Labute approximate surface area is 249 Å². The molecule has 0 atom stereocenters. The quantitative estimate of drug-likeness (QED) is 0.357. The standard InChI is InChI=1S/C36H42N4O2/c1-26-23-28(13-15-32(26)27-9-3-2-4-10-27)35(41)40-25-31-14-16-34(39(31)24-29-11-5-6-12-33(29)40)36(42)38-21-17-30(18-22-38)37-19-7-8-20-37/h5-6,9,11-16,23,30H,2-4,7-8,10,17-22,24-25H2,1H3. The van der Waals surface area contributed by atoms with Crippen LogP contribution in [0.4, 0.5) is 5.69 Å². The maximum atomic E-state index is 14.1. The number of piperidine rings is 1. The fraction of sp³-hybridized carbons (Fsp3) is 0.444. The van der Waals surface area contributed by atoms with Gasteiger partial charge >= 0.3 is 0 Å². The number of anilines is 1. The molecule has 0 spiro atoms. The van der Waals surface area contributed by atoms with Crippen molar-refractivity contribution in [2.45, 2.75) is 77.4 Å². The van der Waals surface area contributed by atoms with Crippen LogP contribution in [0.2, 0.25) is 0 Å². The number of nitrogens with zero attached hydrogens (tertiary/aromatic N) is 4. The van der Waals surface area contributed by atoms with Crippen molar-refractivity contribution in [1.82, 2.24) is 14.4 Å². The summed E-state index contributed by atoms with van der Waals surface area (Å²) >= 11 is 0. The van der Waals surface area contributed by atoms with E-state index in [9.17, 15) is 9.59 Å². The number of likely N-dealkylation sites (tertiary alicyclic amines) is 2. The molecule has 0 unspecified atom stereocenters. The SMILES string of the molecule is Cc1cc(C(=O)N2Cc3ccc(C(=O)N4CCC(N5CCCC5)CC4)n3Cc3ccccc32)ccc1C1=CCCCC1. The molecule has 2 aromatic carbocycles. The molecule has 218 valence electrons. The monoisotopic (exact) mass is 562 g/mol. The van der Waals surface area contributed by atoms with Crippen LogP contribution >= 0.6 is 0 Å². The first-order chi connectivity index (χ1) is 20.6. The van der Waals surface area contributed by atoms with E-state index in [1.807, 2.05) is 46.2 Å². The van der Waals surface area contributed by atoms with Gasteiger partial charge in [0.05, 0.1) is 13.1 Å². The van der Waals surface area contributed by atoms with Gasteiger partial charge in [-0.05, 0) is 124 Å². The lowest BCUT2D eigenvalue weighted by Gasteiger charge is -2.36. The average Bonchev–Trinajstić information content (AvgIpc) is 3.68. The summed E-state index contributed by atoms with van der Waals surface area (Å²) in [4.78, 5) is 34.5. The summed E-state index contributed by atoms with van der Waals surface area (Å²) in [5, 5.41) is 0. The van der Waals surface area contributed by atoms with Crippen molar-refractivity contribution in [3.8, 4) is 0 Å². The van der Waals surface area contributed by atoms with Gasteiger partial charge in [0.15, 0.2) is 0 Å². The maximum absolute atomic E-state index is 14.1. The minimum Gasteiger partial charge on any atom is -0.337 e. The highest BCUT2D eigenvalue weighted by molar-refractivity contribution is 6.07. The first-order valence-corrected chi connectivity index (χ1v) is 16.0. The second-order valence-corrected chi connectivity index (χ2v) is 12.6. The first kappa shape index (κ1) is 27.2. The van der Waals surface area contributed by atoms with Gasteiger partial charge in [-0.25, -0.2) is 0 Å². The Morgan fingerprint density at radius 1 is 0.810 bits per heavy atom. The van der Waals surface area contributed by atoms with Crippen molar-refractivity contribution < 1.29 is 9.59 Å². The highest BCUT2D eigenvalue weighted by Gasteiger charge is 2.32. The van der Waals surface area contributed by atoms with Crippen LogP contribution in [-0.4, -0.2) is 58.4 Å². The van der Waals surface area contributed by atoms with E-state index in [0.717, 1.165) is 67.0 Å². The summed E-state index contributed by atoms with van der Waals surface area (Å²) in [5.41, 5.74) is 8.25. The number of carbonyl (C=O) groups excluding carboxylic acids is 2. The Hall–Kier alpha value is -3.64. The lowest BCUT2D eigenvalue weighted by atomic mass is 9.90. The molecule has 1 aliphatic carbocycles. The van der Waals surface area contributed by atoms with E-state index in [1.165, 1.54) is 49.9 Å². The zero-order chi connectivity index (χ0) is 28.6. The van der Waals surface area contributed by atoms with E-state index >= 15 is 0 Å². The maximum Gasteiger partial charge on any atom is 0.270 e. The molecule has 42 heavy (non-hydrogen) atoms. The molecule has 7 rings (SSSR count). The molecule has 3 aromatic rings. The predicted molar refractivity (Wildman–Crippen MR) is 168 cm³/mol. The van der Waals surface area contributed by atoms with Gasteiger partial charge in [0.2, 0.25) is 0 Å². The Balaban J connectivity index is 1.14. The first-order valence-electron chi connectivity index (χ1n) is 16.0. The normalized spacial score (nSPS) is 19.7. The zero-order valence-corrected chi connectivity index (χ0v) is 24.9. The molecule has 2 amide bonds. The molecule has 6 nitrogen and oxygen atoms in total. The van der Waals surface area contributed by atoms with Crippen LogP contribution in [0.15, 0.2) is 60.7 Å². The van der Waals surface area contributed by atoms with Crippen molar-refractivity contribution in [1.29, 1.82) is 0 Å². The van der Waals surface area contributed by atoms with Gasteiger partial charge in [0.25, 0.3) is 11.8 Å². The molecule has 2 saturated heterocycles. The summed E-state index contributed by atoms with van der Waals surface area (Å²) in [6.45, 7) is 7.19. The fourth-order valence-corrected chi connectivity index (χ4v) is 7.63. The largest absolute Gasteiger partial charge is 0.337 e. The molecule has 1 aromatic heterocycles. The van der Waals surface area contributed by atoms with E-state index in [2.05, 4.69) is 40.7 Å². The lowest BCUT2D eigenvalue weighted by Crippen LogP contribution is -2.46. The third kappa shape index (κ3) is 5.11. The molecular weight excluding hydrogens is 520 g/mol. The van der Waals surface area contributed by atoms with Gasteiger partial charge in [-0.15, -0.1) is 0 Å². The van der Waals surface area contributed by atoms with Gasteiger partial charge in [-0.2, -0.15) is 0 Å². The number of aryl methyl sites for hydroxylation is 1. The Kier molecular flexibility index (Phi) is 7.49. The summed E-state index contributed by atoms with van der Waals surface area (Å²) in [7, 11) is 0. The number of benzene rings is 2. The van der Waals surface area contributed by atoms with Crippen molar-refractivity contribution >= 4 is 23.1 Å². The Morgan fingerprint density at radius 2 is 1.62 bits per heavy atom. The summed E-state index contributed by atoms with van der Waals surface area (Å²) in [5.74, 6) is 0.114. The van der Waals surface area contributed by atoms with Crippen LogP contribution in [0.5, 0.6) is 0 Å². The number of amides is 2. The van der Waals surface area contributed by atoms with E-state index in [4.69, 9.17) is 0 Å². The van der Waals surface area contributed by atoms with Gasteiger partial charge in [0.1, 0.15) is 5.69 Å². The second-order valence-electron chi connectivity index (χ2n) is 12.6. The highest BCUT2D eigenvalue weighted by Crippen LogP contribution is 2.33. The number of hydrogen-bond acceptors (Lipinski definition) is 3. The zero-order valence-electron chi connectivity index (χ0n) is 24.9. The van der Waals surface area contributed by atoms with Gasteiger partial charge in [-0.1, -0.05) is 30.3 Å². The van der Waals surface area contributed by atoms with Gasteiger partial charge in [-0.3, -0.25) is 9.59 Å². The molecule has 4 heterocycles. The Bertz CT molecular complexity index is 1520. The number of allylic oxidation sites excluding steroid dienone is 2. The number of aromatic nitrogens is 1. The Morgan fingerprint density at radius 3 is 2.38 bits per heavy atom. The molecule has 3 aliphatic heterocycles. The van der Waals surface area contributed by atoms with Crippen molar-refractivity contribution in [2.75, 3.05) is 31.1 Å². The van der Waals surface area contributed by atoms with Crippen molar-refractivity contribution in [2.24, 2.45) is 0 Å². The summed E-state index contributed by atoms with van der Waals surface area (Å²) in [6.07, 6.45) is 11.8. The third-order valence-corrected chi connectivity index (χ3v) is 9.99. The molecule has 2 fully saturated rings. The fourth-order valence-electron chi connectivity index (χ4n) is 7.63. The molecule has 4 aliphatic rings. The molecule has 0 bridgehead atoms. The lowest BCUT2D eigenvalue weighted by molar-refractivity contribution is 0.0634. The van der Waals surface area contributed by atoms with Crippen LogP contribution in [0.3, 0.4) is 0 Å². The average molecular weight is 563 g/mol. The number of fused-ring (bicyclic) bond motifs is 2. The van der Waals surface area contributed by atoms with Crippen LogP contribution in [0.1, 0.15) is 94.6 Å². The number of hydrogen-bond donors (Lipinski definition) is 0. The second kappa shape index (κ2) is 11.6. The topological polar surface area (TPSA) is 48.8 Å². The predicted octanol–water partition coefficient (Wildman–Crippen LogP) is 6.66. The molecule has 0 radical (unpaired) electrons. The van der Waals surface area contributed by atoms with E-state index in [-0.39, 0.29) is 11.8 Å². The van der Waals surface area contributed by atoms with Gasteiger partial charge < -0.3 is 19.3 Å². The third-order valence-electron chi connectivity index (χ3n) is 9.99. The van der Waals surface area contributed by atoms with Crippen LogP contribution in [0.25, 0.3) is 5.57 Å². The van der Waals surface area contributed by atoms with Crippen LogP contribution in [0, 0.1) is 6.92 Å². The van der Waals surface area contributed by atoms with Crippen molar-refractivity contribution in [3.05, 3.63) is 94.3 Å².